The van der Waals surface area contributed by atoms with Crippen LogP contribution in [0.4, 0.5) is 0 Å². The van der Waals surface area contributed by atoms with Gasteiger partial charge in [0.25, 0.3) is 5.91 Å². The molecule has 1 aliphatic heterocycles. The molecular formula is C21H25NO2. The molecule has 3 heteroatoms. The van der Waals surface area contributed by atoms with Gasteiger partial charge in [0.15, 0.2) is 0 Å². The third-order valence-electron chi connectivity index (χ3n) is 5.01. The molecule has 1 amide bonds. The van der Waals surface area contributed by atoms with Gasteiger partial charge < -0.3 is 9.64 Å². The molecule has 1 heterocycles. The van der Waals surface area contributed by atoms with Crippen molar-refractivity contribution in [2.24, 2.45) is 0 Å². The predicted molar refractivity (Wildman–Crippen MR) is 96.5 cm³/mol. The first kappa shape index (κ1) is 16.6. The van der Waals surface area contributed by atoms with Crippen LogP contribution in [-0.2, 0) is 0 Å². The molecule has 0 radical (unpaired) electrons. The van der Waals surface area contributed by atoms with Crippen molar-refractivity contribution in [1.82, 2.24) is 4.90 Å². The molecule has 0 bridgehead atoms. The number of amides is 1. The highest BCUT2D eigenvalue weighted by molar-refractivity contribution is 5.95. The molecule has 3 nitrogen and oxygen atoms in total. The molecule has 0 saturated carbocycles. The summed E-state index contributed by atoms with van der Waals surface area (Å²) in [5.41, 5.74) is 2.04. The minimum Gasteiger partial charge on any atom is -0.497 e. The molecule has 2 atom stereocenters. The summed E-state index contributed by atoms with van der Waals surface area (Å²) in [7, 11) is 1.63. The molecular weight excluding hydrogens is 298 g/mol. The lowest BCUT2D eigenvalue weighted by Crippen LogP contribution is -2.39. The smallest absolute Gasteiger partial charge is 0.254 e. The number of ether oxygens (including phenoxy) is 1. The van der Waals surface area contributed by atoms with Crippen LogP contribution >= 0.6 is 0 Å². The third kappa shape index (κ3) is 3.30. The second kappa shape index (κ2) is 7.52. The number of methoxy groups -OCH3 is 1. The van der Waals surface area contributed by atoms with Gasteiger partial charge in [-0.05, 0) is 43.0 Å². The Kier molecular flexibility index (Phi) is 5.19. The number of carbonyl (C=O) groups excluding carboxylic acids is 1. The average Bonchev–Trinajstić information content (AvgIpc) is 3.12. The first-order chi connectivity index (χ1) is 11.7. The van der Waals surface area contributed by atoms with Crippen molar-refractivity contribution in [2.45, 2.75) is 38.1 Å². The van der Waals surface area contributed by atoms with Crippen LogP contribution in [0.15, 0.2) is 54.6 Å². The van der Waals surface area contributed by atoms with E-state index in [-0.39, 0.29) is 11.9 Å². The zero-order chi connectivity index (χ0) is 16.9. The van der Waals surface area contributed by atoms with Crippen LogP contribution in [0.5, 0.6) is 5.75 Å². The fraction of sp³-hybridized carbons (Fsp3) is 0.381. The van der Waals surface area contributed by atoms with Crippen LogP contribution in [0.2, 0.25) is 0 Å². The quantitative estimate of drug-likeness (QED) is 0.811. The van der Waals surface area contributed by atoms with E-state index in [1.165, 1.54) is 5.56 Å². The highest BCUT2D eigenvalue weighted by atomic mass is 16.5. The largest absolute Gasteiger partial charge is 0.497 e. The van der Waals surface area contributed by atoms with Gasteiger partial charge in [0.1, 0.15) is 5.75 Å². The summed E-state index contributed by atoms with van der Waals surface area (Å²) in [6, 6.07) is 18.3. The van der Waals surface area contributed by atoms with Crippen molar-refractivity contribution < 1.29 is 9.53 Å². The third-order valence-corrected chi connectivity index (χ3v) is 5.01. The van der Waals surface area contributed by atoms with Gasteiger partial charge in [-0.2, -0.15) is 0 Å². The molecule has 126 valence electrons. The number of rotatable bonds is 5. The van der Waals surface area contributed by atoms with Gasteiger partial charge in [-0.25, -0.2) is 0 Å². The molecule has 0 N–H and O–H groups in total. The molecule has 2 aromatic rings. The zero-order valence-corrected chi connectivity index (χ0v) is 14.4. The second-order valence-electron chi connectivity index (χ2n) is 6.37. The van der Waals surface area contributed by atoms with E-state index in [0.717, 1.165) is 31.6 Å². The van der Waals surface area contributed by atoms with Crippen molar-refractivity contribution in [3.05, 3.63) is 65.7 Å². The van der Waals surface area contributed by atoms with Crippen molar-refractivity contribution in [3.8, 4) is 5.75 Å². The summed E-state index contributed by atoms with van der Waals surface area (Å²) in [6.07, 6.45) is 3.18. The number of likely N-dealkylation sites (tertiary alicyclic amines) is 1. The molecule has 3 rings (SSSR count). The molecule has 1 saturated heterocycles. The maximum atomic E-state index is 13.0. The molecule has 0 unspecified atom stereocenters. The second-order valence-corrected chi connectivity index (χ2v) is 6.37. The standard InChI is InChI=1S/C21H25NO2/c1-3-19(16-9-5-4-6-10-16)20-13-8-14-22(20)21(23)17-11-7-12-18(15-17)24-2/h4-7,9-12,15,19-20H,3,8,13-14H2,1-2H3/t19-,20+/m1/s1. The van der Waals surface area contributed by atoms with Crippen LogP contribution in [0.25, 0.3) is 0 Å². The van der Waals surface area contributed by atoms with Gasteiger partial charge in [-0.15, -0.1) is 0 Å². The Morgan fingerprint density at radius 3 is 2.71 bits per heavy atom. The summed E-state index contributed by atoms with van der Waals surface area (Å²) < 4.78 is 5.26. The maximum Gasteiger partial charge on any atom is 0.254 e. The van der Waals surface area contributed by atoms with Crippen molar-refractivity contribution in [1.29, 1.82) is 0 Å². The van der Waals surface area contributed by atoms with Gasteiger partial charge in [-0.1, -0.05) is 43.3 Å². The van der Waals surface area contributed by atoms with Gasteiger partial charge in [0, 0.05) is 24.1 Å². The average molecular weight is 323 g/mol. The lowest BCUT2D eigenvalue weighted by Gasteiger charge is -2.32. The lowest BCUT2D eigenvalue weighted by molar-refractivity contribution is 0.0714. The molecule has 1 fully saturated rings. The monoisotopic (exact) mass is 323 g/mol. The zero-order valence-electron chi connectivity index (χ0n) is 14.4. The Bertz CT molecular complexity index is 683. The molecule has 1 aliphatic rings. The Morgan fingerprint density at radius 1 is 1.21 bits per heavy atom. The summed E-state index contributed by atoms with van der Waals surface area (Å²) in [6.45, 7) is 3.05. The SMILES string of the molecule is CC[C@H](c1ccccc1)[C@@H]1CCCN1C(=O)c1cccc(OC)c1. The van der Waals surface area contributed by atoms with Gasteiger partial charge in [0.2, 0.25) is 0 Å². The van der Waals surface area contributed by atoms with E-state index in [4.69, 9.17) is 4.74 Å². The van der Waals surface area contributed by atoms with Crippen molar-refractivity contribution in [3.63, 3.8) is 0 Å². The van der Waals surface area contributed by atoms with E-state index in [0.29, 0.717) is 11.5 Å². The van der Waals surface area contributed by atoms with Gasteiger partial charge in [0.05, 0.1) is 7.11 Å². The number of hydrogen-bond acceptors (Lipinski definition) is 2. The summed E-state index contributed by atoms with van der Waals surface area (Å²) in [5, 5.41) is 0. The highest BCUT2D eigenvalue weighted by Gasteiger charge is 2.35. The first-order valence-electron chi connectivity index (χ1n) is 8.74. The maximum absolute atomic E-state index is 13.0. The Balaban J connectivity index is 1.85. The lowest BCUT2D eigenvalue weighted by atomic mass is 9.87. The normalized spacial score (nSPS) is 18.4. The van der Waals surface area contributed by atoms with Crippen LogP contribution in [0.1, 0.15) is 48.0 Å². The van der Waals surface area contributed by atoms with Gasteiger partial charge in [-0.3, -0.25) is 4.79 Å². The highest BCUT2D eigenvalue weighted by Crippen LogP contribution is 2.34. The van der Waals surface area contributed by atoms with E-state index in [2.05, 4.69) is 36.1 Å². The number of benzene rings is 2. The summed E-state index contributed by atoms with van der Waals surface area (Å²) in [4.78, 5) is 15.1. The minimum absolute atomic E-state index is 0.116. The van der Waals surface area contributed by atoms with Crippen LogP contribution in [0, 0.1) is 0 Å². The Hall–Kier alpha value is -2.29. The number of nitrogens with zero attached hydrogens (tertiary/aromatic N) is 1. The van der Waals surface area contributed by atoms with Crippen molar-refractivity contribution in [2.75, 3.05) is 13.7 Å². The topological polar surface area (TPSA) is 29.5 Å². The van der Waals surface area contributed by atoms with E-state index in [9.17, 15) is 4.79 Å². The fourth-order valence-electron chi connectivity index (χ4n) is 3.82. The van der Waals surface area contributed by atoms with E-state index in [1.807, 2.05) is 30.3 Å². The predicted octanol–water partition coefficient (Wildman–Crippen LogP) is 4.49. The van der Waals surface area contributed by atoms with Crippen molar-refractivity contribution >= 4 is 5.91 Å². The van der Waals surface area contributed by atoms with E-state index < -0.39 is 0 Å². The van der Waals surface area contributed by atoms with Crippen LogP contribution < -0.4 is 4.74 Å². The molecule has 0 spiro atoms. The Labute approximate surface area is 144 Å². The molecule has 2 aromatic carbocycles. The van der Waals surface area contributed by atoms with Gasteiger partial charge >= 0.3 is 0 Å². The van der Waals surface area contributed by atoms with E-state index >= 15 is 0 Å². The first-order valence-corrected chi connectivity index (χ1v) is 8.74. The molecule has 24 heavy (non-hydrogen) atoms. The van der Waals surface area contributed by atoms with Crippen LogP contribution in [0.3, 0.4) is 0 Å². The Morgan fingerprint density at radius 2 is 2.00 bits per heavy atom. The van der Waals surface area contributed by atoms with Crippen LogP contribution in [-0.4, -0.2) is 30.5 Å². The van der Waals surface area contributed by atoms with E-state index in [1.54, 1.807) is 7.11 Å². The number of carbonyl (C=O) groups is 1. The minimum atomic E-state index is 0.116. The number of hydrogen-bond donors (Lipinski definition) is 0. The summed E-state index contributed by atoms with van der Waals surface area (Å²) in [5.74, 6) is 1.24. The summed E-state index contributed by atoms with van der Waals surface area (Å²) >= 11 is 0. The molecule has 0 aromatic heterocycles. The molecule has 0 aliphatic carbocycles. The fourth-order valence-corrected chi connectivity index (χ4v) is 3.82.